The molecule has 2 N–H and O–H groups in total. The molecule has 0 saturated heterocycles. The lowest BCUT2D eigenvalue weighted by molar-refractivity contribution is 0.664. The van der Waals surface area contributed by atoms with Gasteiger partial charge in [-0.15, -0.1) is 11.8 Å². The lowest BCUT2D eigenvalue weighted by Gasteiger charge is -2.11. The van der Waals surface area contributed by atoms with Crippen molar-refractivity contribution < 1.29 is 0 Å². The monoisotopic (exact) mass is 299 g/mol. The van der Waals surface area contributed by atoms with Crippen molar-refractivity contribution >= 4 is 22.6 Å². The normalized spacial score (nSPS) is 11.6. The highest BCUT2D eigenvalue weighted by Gasteiger charge is 2.07. The molecule has 0 fully saturated rings. The van der Waals surface area contributed by atoms with Crippen LogP contribution in [0.2, 0.25) is 0 Å². The molecule has 0 aliphatic carbocycles. The molecule has 0 aliphatic heterocycles. The molecular weight excluding hydrogens is 285 g/mol. The molecule has 0 bridgehead atoms. The van der Waals surface area contributed by atoms with Crippen molar-refractivity contribution in [3.05, 3.63) is 33.4 Å². The molecule has 0 heterocycles. The average molecular weight is 299 g/mol. The Kier molecular flexibility index (Phi) is 4.99. The average Bonchev–Trinajstić information content (AvgIpc) is 2.18. The summed E-state index contributed by atoms with van der Waals surface area (Å²) >= 11 is 2.32. The molecule has 1 aromatic carbocycles. The van der Waals surface area contributed by atoms with E-state index in [1.165, 1.54) is 9.13 Å². The minimum absolute atomic E-state index is 0.115. The number of hydrogen-bond acceptors (Lipinski definition) is 1. The van der Waals surface area contributed by atoms with Crippen molar-refractivity contribution in [1.82, 2.24) is 0 Å². The van der Waals surface area contributed by atoms with E-state index in [0.29, 0.717) is 0 Å². The Labute approximate surface area is 99.2 Å². The van der Waals surface area contributed by atoms with Gasteiger partial charge in [-0.1, -0.05) is 18.2 Å². The van der Waals surface area contributed by atoms with Crippen molar-refractivity contribution in [2.45, 2.75) is 25.8 Å². The second kappa shape index (κ2) is 6.05. The van der Waals surface area contributed by atoms with E-state index in [4.69, 9.17) is 5.73 Å². The van der Waals surface area contributed by atoms with E-state index in [9.17, 15) is 0 Å². The Hall–Kier alpha value is -0.530. The van der Waals surface area contributed by atoms with Gasteiger partial charge in [-0.2, -0.15) is 0 Å². The molecule has 74 valence electrons. The third-order valence-corrected chi connectivity index (χ3v) is 3.04. The summed E-state index contributed by atoms with van der Waals surface area (Å²) in [6, 6.07) is 8.35. The first-order chi connectivity index (χ1) is 6.75. The predicted octanol–water partition coefficient (Wildman–Crippen LogP) is 3.09. The van der Waals surface area contributed by atoms with Crippen LogP contribution in [0.1, 0.15) is 31.4 Å². The van der Waals surface area contributed by atoms with E-state index < -0.39 is 0 Å². The molecule has 0 saturated carbocycles. The van der Waals surface area contributed by atoms with Crippen LogP contribution < -0.4 is 5.73 Å². The number of benzene rings is 1. The maximum atomic E-state index is 6.06. The van der Waals surface area contributed by atoms with Crippen LogP contribution in [-0.2, 0) is 0 Å². The Bertz CT molecular complexity index is 349. The third kappa shape index (κ3) is 3.32. The fraction of sp³-hybridized carbons (Fsp3) is 0.333. The van der Waals surface area contributed by atoms with E-state index in [-0.39, 0.29) is 6.04 Å². The topological polar surface area (TPSA) is 26.0 Å². The largest absolute Gasteiger partial charge is 0.324 e. The molecule has 0 amide bonds. The zero-order valence-electron chi connectivity index (χ0n) is 8.26. The van der Waals surface area contributed by atoms with Crippen molar-refractivity contribution in [2.75, 3.05) is 0 Å². The molecule has 0 radical (unpaired) electrons. The quantitative estimate of drug-likeness (QED) is 0.673. The zero-order chi connectivity index (χ0) is 10.4. The minimum Gasteiger partial charge on any atom is -0.324 e. The van der Waals surface area contributed by atoms with E-state index >= 15 is 0 Å². The lowest BCUT2D eigenvalue weighted by atomic mass is 10.0. The summed E-state index contributed by atoms with van der Waals surface area (Å²) in [5.74, 6) is 5.92. The second-order valence-electron chi connectivity index (χ2n) is 3.09. The maximum absolute atomic E-state index is 6.06. The first kappa shape index (κ1) is 11.5. The van der Waals surface area contributed by atoms with Gasteiger partial charge in [0.25, 0.3) is 0 Å². The fourth-order valence-corrected chi connectivity index (χ4v) is 2.07. The van der Waals surface area contributed by atoms with Crippen LogP contribution in [0.3, 0.4) is 0 Å². The van der Waals surface area contributed by atoms with Crippen LogP contribution in [0, 0.1) is 15.4 Å². The zero-order valence-corrected chi connectivity index (χ0v) is 10.4. The maximum Gasteiger partial charge on any atom is 0.0314 e. The Morgan fingerprint density at radius 2 is 2.14 bits per heavy atom. The molecule has 1 atom stereocenters. The first-order valence-electron chi connectivity index (χ1n) is 4.65. The fourth-order valence-electron chi connectivity index (χ4n) is 1.28. The van der Waals surface area contributed by atoms with Crippen molar-refractivity contribution in [3.63, 3.8) is 0 Å². The summed E-state index contributed by atoms with van der Waals surface area (Å²) in [6.07, 6.45) is 1.81. The van der Waals surface area contributed by atoms with Crippen LogP contribution in [0.5, 0.6) is 0 Å². The van der Waals surface area contributed by atoms with Crippen molar-refractivity contribution in [2.24, 2.45) is 5.73 Å². The molecular formula is C12H14IN. The van der Waals surface area contributed by atoms with Gasteiger partial charge in [0.1, 0.15) is 0 Å². The number of halogens is 1. The standard InChI is InChI=1S/C12H14IN/c1-2-3-4-9-12(14)10-7-5-6-8-11(10)13/h5-8,12H,4,9,14H2,1H3. The summed E-state index contributed by atoms with van der Waals surface area (Å²) in [5, 5.41) is 0. The van der Waals surface area contributed by atoms with Crippen LogP contribution in [-0.4, -0.2) is 0 Å². The van der Waals surface area contributed by atoms with Crippen LogP contribution in [0.4, 0.5) is 0 Å². The van der Waals surface area contributed by atoms with E-state index in [1.807, 2.05) is 19.1 Å². The van der Waals surface area contributed by atoms with E-state index in [1.54, 1.807) is 0 Å². The molecule has 1 aromatic rings. The SMILES string of the molecule is CC#CCCC(N)c1ccccc1I. The molecule has 14 heavy (non-hydrogen) atoms. The first-order valence-corrected chi connectivity index (χ1v) is 5.73. The lowest BCUT2D eigenvalue weighted by Crippen LogP contribution is -2.11. The number of rotatable bonds is 3. The van der Waals surface area contributed by atoms with Gasteiger partial charge < -0.3 is 5.73 Å². The molecule has 0 aliphatic rings. The molecule has 1 unspecified atom stereocenters. The predicted molar refractivity (Wildman–Crippen MR) is 68.8 cm³/mol. The van der Waals surface area contributed by atoms with Gasteiger partial charge in [0.2, 0.25) is 0 Å². The van der Waals surface area contributed by atoms with Gasteiger partial charge in [0.05, 0.1) is 0 Å². The Morgan fingerprint density at radius 1 is 1.43 bits per heavy atom. The van der Waals surface area contributed by atoms with Crippen LogP contribution >= 0.6 is 22.6 Å². The molecule has 1 rings (SSSR count). The summed E-state index contributed by atoms with van der Waals surface area (Å²) in [6.45, 7) is 1.86. The number of nitrogens with two attached hydrogens (primary N) is 1. The van der Waals surface area contributed by atoms with Gasteiger partial charge in [-0.3, -0.25) is 0 Å². The van der Waals surface area contributed by atoms with E-state index in [2.05, 4.69) is 46.6 Å². The molecule has 0 spiro atoms. The Morgan fingerprint density at radius 3 is 2.79 bits per heavy atom. The van der Waals surface area contributed by atoms with Crippen molar-refractivity contribution in [1.29, 1.82) is 0 Å². The molecule has 1 nitrogen and oxygen atoms in total. The van der Waals surface area contributed by atoms with Crippen LogP contribution in [0.25, 0.3) is 0 Å². The molecule has 2 heteroatoms. The second-order valence-corrected chi connectivity index (χ2v) is 4.26. The summed E-state index contributed by atoms with van der Waals surface area (Å²) in [5.41, 5.74) is 7.29. The van der Waals surface area contributed by atoms with Gasteiger partial charge in [-0.25, -0.2) is 0 Å². The van der Waals surface area contributed by atoms with E-state index in [0.717, 1.165) is 12.8 Å². The third-order valence-electron chi connectivity index (χ3n) is 2.06. The highest BCUT2D eigenvalue weighted by Crippen LogP contribution is 2.21. The summed E-state index contributed by atoms with van der Waals surface area (Å²) in [7, 11) is 0. The van der Waals surface area contributed by atoms with Gasteiger partial charge in [-0.05, 0) is 47.6 Å². The highest BCUT2D eigenvalue weighted by atomic mass is 127. The van der Waals surface area contributed by atoms with Crippen LogP contribution in [0.15, 0.2) is 24.3 Å². The summed E-state index contributed by atoms with van der Waals surface area (Å²) in [4.78, 5) is 0. The number of hydrogen-bond donors (Lipinski definition) is 1. The Balaban J connectivity index is 2.63. The minimum atomic E-state index is 0.115. The molecule has 0 aromatic heterocycles. The van der Waals surface area contributed by atoms with Gasteiger partial charge in [0, 0.05) is 16.0 Å². The van der Waals surface area contributed by atoms with Gasteiger partial charge in [0.15, 0.2) is 0 Å². The van der Waals surface area contributed by atoms with Crippen molar-refractivity contribution in [3.8, 4) is 11.8 Å². The smallest absolute Gasteiger partial charge is 0.0314 e. The summed E-state index contributed by atoms with van der Waals surface area (Å²) < 4.78 is 1.24. The van der Waals surface area contributed by atoms with Gasteiger partial charge >= 0.3 is 0 Å². The highest BCUT2D eigenvalue weighted by molar-refractivity contribution is 14.1.